The Morgan fingerprint density at radius 1 is 1.32 bits per heavy atom. The molecular formula is C14H26N2O3. The summed E-state index contributed by atoms with van der Waals surface area (Å²) in [7, 11) is 0. The quantitative estimate of drug-likeness (QED) is 0.675. The number of carboxylic acids is 1. The predicted molar refractivity (Wildman–Crippen MR) is 74.0 cm³/mol. The van der Waals surface area contributed by atoms with Crippen molar-refractivity contribution in [3.63, 3.8) is 0 Å². The molecule has 110 valence electrons. The summed E-state index contributed by atoms with van der Waals surface area (Å²) < 4.78 is 0. The van der Waals surface area contributed by atoms with Gasteiger partial charge in [0.25, 0.3) is 0 Å². The predicted octanol–water partition coefficient (Wildman–Crippen LogP) is 2.32. The van der Waals surface area contributed by atoms with E-state index in [2.05, 4.69) is 5.32 Å². The van der Waals surface area contributed by atoms with Gasteiger partial charge in [0.05, 0.1) is 5.92 Å². The van der Waals surface area contributed by atoms with E-state index in [0.717, 1.165) is 25.9 Å². The zero-order valence-corrected chi connectivity index (χ0v) is 12.0. The number of urea groups is 1. The molecule has 2 amide bonds. The minimum absolute atomic E-state index is 0.115. The maximum atomic E-state index is 12.0. The molecule has 0 aromatic heterocycles. The number of amides is 2. The highest BCUT2D eigenvalue weighted by atomic mass is 16.4. The lowest BCUT2D eigenvalue weighted by Gasteiger charge is -2.23. The second-order valence-electron chi connectivity index (χ2n) is 5.40. The first-order chi connectivity index (χ1) is 9.08. The molecule has 0 radical (unpaired) electrons. The van der Waals surface area contributed by atoms with Crippen LogP contribution >= 0.6 is 0 Å². The third kappa shape index (κ3) is 5.94. The Labute approximate surface area is 115 Å². The van der Waals surface area contributed by atoms with Gasteiger partial charge in [-0.1, -0.05) is 20.3 Å². The fourth-order valence-electron chi connectivity index (χ4n) is 2.14. The van der Waals surface area contributed by atoms with Gasteiger partial charge in [-0.05, 0) is 31.6 Å². The molecular weight excluding hydrogens is 244 g/mol. The van der Waals surface area contributed by atoms with Gasteiger partial charge in [0.1, 0.15) is 0 Å². The number of hydrogen-bond acceptors (Lipinski definition) is 2. The first-order valence-corrected chi connectivity index (χ1v) is 7.34. The number of hydrogen-bond donors (Lipinski definition) is 2. The van der Waals surface area contributed by atoms with Gasteiger partial charge in [0.2, 0.25) is 0 Å². The van der Waals surface area contributed by atoms with E-state index in [9.17, 15) is 9.59 Å². The van der Waals surface area contributed by atoms with E-state index >= 15 is 0 Å². The van der Waals surface area contributed by atoms with Gasteiger partial charge in [-0.15, -0.1) is 0 Å². The number of aliphatic carboxylic acids is 1. The lowest BCUT2D eigenvalue weighted by atomic mass is 10.0. The summed E-state index contributed by atoms with van der Waals surface area (Å²) >= 11 is 0. The average molecular weight is 270 g/mol. The van der Waals surface area contributed by atoms with E-state index in [1.54, 1.807) is 0 Å². The van der Waals surface area contributed by atoms with Crippen LogP contribution in [0.5, 0.6) is 0 Å². The van der Waals surface area contributed by atoms with Gasteiger partial charge >= 0.3 is 12.0 Å². The number of rotatable bonds is 9. The molecule has 0 aromatic carbocycles. The zero-order chi connectivity index (χ0) is 14.3. The molecule has 0 aliphatic heterocycles. The largest absolute Gasteiger partial charge is 0.481 e. The van der Waals surface area contributed by atoms with Crippen LogP contribution in [0, 0.1) is 11.8 Å². The summed E-state index contributed by atoms with van der Waals surface area (Å²) in [5, 5.41) is 11.8. The summed E-state index contributed by atoms with van der Waals surface area (Å²) in [6, 6.07) is -0.115. The molecule has 1 rings (SSSR count). The van der Waals surface area contributed by atoms with Crippen molar-refractivity contribution in [2.75, 3.05) is 19.6 Å². The Kier molecular flexibility index (Phi) is 6.67. The van der Waals surface area contributed by atoms with E-state index in [1.807, 2.05) is 18.7 Å². The van der Waals surface area contributed by atoms with Crippen LogP contribution in [0.25, 0.3) is 0 Å². The third-order valence-corrected chi connectivity index (χ3v) is 3.44. The van der Waals surface area contributed by atoms with Crippen LogP contribution in [0.2, 0.25) is 0 Å². The number of carboxylic acid groups (broad SMARTS) is 1. The van der Waals surface area contributed by atoms with Crippen molar-refractivity contribution >= 4 is 12.0 Å². The molecule has 1 fully saturated rings. The van der Waals surface area contributed by atoms with Gasteiger partial charge in [-0.25, -0.2) is 4.79 Å². The van der Waals surface area contributed by atoms with Gasteiger partial charge in [-0.2, -0.15) is 0 Å². The summed E-state index contributed by atoms with van der Waals surface area (Å²) in [6.45, 7) is 5.78. The molecule has 2 N–H and O–H groups in total. The Morgan fingerprint density at radius 2 is 2.00 bits per heavy atom. The normalized spacial score (nSPS) is 15.9. The van der Waals surface area contributed by atoms with Crippen molar-refractivity contribution < 1.29 is 14.7 Å². The zero-order valence-electron chi connectivity index (χ0n) is 12.0. The molecule has 1 aliphatic rings. The standard InChI is InChI=1S/C14H26N2O3/c1-3-5-12(13(17)18)9-15-14(19)16(8-4-2)10-11-6-7-11/h11-12H,3-10H2,1-2H3,(H,15,19)(H,17,18). The smallest absolute Gasteiger partial charge is 0.317 e. The van der Waals surface area contributed by atoms with Crippen LogP contribution in [0.15, 0.2) is 0 Å². The minimum Gasteiger partial charge on any atom is -0.481 e. The molecule has 0 saturated heterocycles. The van der Waals surface area contributed by atoms with Crippen LogP contribution in [0.1, 0.15) is 46.0 Å². The van der Waals surface area contributed by atoms with Gasteiger partial charge in [0, 0.05) is 19.6 Å². The molecule has 19 heavy (non-hydrogen) atoms. The monoisotopic (exact) mass is 270 g/mol. The lowest BCUT2D eigenvalue weighted by Crippen LogP contribution is -2.44. The molecule has 0 bridgehead atoms. The highest BCUT2D eigenvalue weighted by Gasteiger charge is 2.27. The minimum atomic E-state index is -0.827. The van der Waals surface area contributed by atoms with Crippen molar-refractivity contribution in [1.29, 1.82) is 0 Å². The lowest BCUT2D eigenvalue weighted by molar-refractivity contribution is -0.141. The summed E-state index contributed by atoms with van der Waals surface area (Å²) in [5.74, 6) is -0.645. The van der Waals surface area contributed by atoms with Gasteiger partial charge in [-0.3, -0.25) is 4.79 Å². The first kappa shape index (κ1) is 15.8. The number of carbonyl (C=O) groups excluding carboxylic acids is 1. The molecule has 1 aliphatic carbocycles. The summed E-state index contributed by atoms with van der Waals surface area (Å²) in [6.07, 6.45) is 4.76. The van der Waals surface area contributed by atoms with Crippen LogP contribution in [0.4, 0.5) is 4.79 Å². The Hall–Kier alpha value is -1.26. The molecule has 1 atom stereocenters. The van der Waals surface area contributed by atoms with Gasteiger partial charge in [0.15, 0.2) is 0 Å². The second-order valence-corrected chi connectivity index (χ2v) is 5.40. The van der Waals surface area contributed by atoms with E-state index in [4.69, 9.17) is 5.11 Å². The van der Waals surface area contributed by atoms with Crippen molar-refractivity contribution in [3.05, 3.63) is 0 Å². The fourth-order valence-corrected chi connectivity index (χ4v) is 2.14. The molecule has 0 spiro atoms. The van der Waals surface area contributed by atoms with Crippen molar-refractivity contribution in [2.24, 2.45) is 11.8 Å². The number of carbonyl (C=O) groups is 2. The molecule has 1 saturated carbocycles. The molecule has 0 heterocycles. The Balaban J connectivity index is 2.38. The van der Waals surface area contributed by atoms with Crippen LogP contribution in [-0.4, -0.2) is 41.6 Å². The van der Waals surface area contributed by atoms with E-state index in [1.165, 1.54) is 12.8 Å². The molecule has 0 aromatic rings. The van der Waals surface area contributed by atoms with Gasteiger partial charge < -0.3 is 15.3 Å². The molecule has 5 nitrogen and oxygen atoms in total. The maximum absolute atomic E-state index is 12.0. The highest BCUT2D eigenvalue weighted by molar-refractivity contribution is 5.76. The second kappa shape index (κ2) is 8.02. The van der Waals surface area contributed by atoms with Crippen LogP contribution in [-0.2, 0) is 4.79 Å². The van der Waals surface area contributed by atoms with Crippen molar-refractivity contribution in [1.82, 2.24) is 10.2 Å². The van der Waals surface area contributed by atoms with Crippen LogP contribution < -0.4 is 5.32 Å². The topological polar surface area (TPSA) is 69.6 Å². The number of nitrogens with zero attached hydrogens (tertiary/aromatic N) is 1. The van der Waals surface area contributed by atoms with E-state index < -0.39 is 11.9 Å². The third-order valence-electron chi connectivity index (χ3n) is 3.44. The Bertz CT molecular complexity index is 303. The highest BCUT2D eigenvalue weighted by Crippen LogP contribution is 2.29. The van der Waals surface area contributed by atoms with E-state index in [0.29, 0.717) is 12.3 Å². The van der Waals surface area contributed by atoms with E-state index in [-0.39, 0.29) is 12.6 Å². The molecule has 5 heteroatoms. The average Bonchev–Trinajstić information content (AvgIpc) is 3.17. The number of nitrogens with one attached hydrogen (secondary N) is 1. The Morgan fingerprint density at radius 3 is 2.47 bits per heavy atom. The fraction of sp³-hybridized carbons (Fsp3) is 0.857. The SMILES string of the molecule is CCCC(CNC(=O)N(CCC)CC1CC1)C(=O)O. The first-order valence-electron chi connectivity index (χ1n) is 7.34. The molecule has 1 unspecified atom stereocenters. The summed E-state index contributed by atoms with van der Waals surface area (Å²) in [5.41, 5.74) is 0. The van der Waals surface area contributed by atoms with Crippen LogP contribution in [0.3, 0.4) is 0 Å². The van der Waals surface area contributed by atoms with Crippen molar-refractivity contribution in [3.8, 4) is 0 Å². The summed E-state index contributed by atoms with van der Waals surface area (Å²) in [4.78, 5) is 24.9. The maximum Gasteiger partial charge on any atom is 0.317 e. The van der Waals surface area contributed by atoms with Crippen molar-refractivity contribution in [2.45, 2.75) is 46.0 Å².